The van der Waals surface area contributed by atoms with E-state index in [4.69, 9.17) is 9.47 Å². The maximum atomic E-state index is 12.5. The topological polar surface area (TPSA) is 105 Å². The number of phenolic OH excluding ortho intramolecular Hbond substituents is 1. The van der Waals surface area contributed by atoms with E-state index in [0.717, 1.165) is 5.56 Å². The number of alkyl carbamates (subject to hydrolysis) is 1. The zero-order chi connectivity index (χ0) is 22.6. The molecule has 0 heterocycles. The molecule has 0 saturated heterocycles. The number of aromatic hydroxyl groups is 1. The highest BCUT2D eigenvalue weighted by atomic mass is 16.6. The van der Waals surface area contributed by atoms with Gasteiger partial charge < -0.3 is 24.8 Å². The van der Waals surface area contributed by atoms with Crippen LogP contribution in [0.2, 0.25) is 0 Å². The summed E-state index contributed by atoms with van der Waals surface area (Å²) >= 11 is 0. The van der Waals surface area contributed by atoms with Crippen molar-refractivity contribution in [2.24, 2.45) is 0 Å². The summed E-state index contributed by atoms with van der Waals surface area (Å²) in [6, 6.07) is 14.1. The molecule has 2 aromatic rings. The third kappa shape index (κ3) is 7.85. The molecule has 8 nitrogen and oxygen atoms in total. The Balaban J connectivity index is 1.95. The molecular weight excluding hydrogens is 400 g/mol. The van der Waals surface area contributed by atoms with Crippen LogP contribution in [0.1, 0.15) is 22.3 Å². The predicted octanol–water partition coefficient (Wildman–Crippen LogP) is 2.88. The number of hydrogen-bond donors (Lipinski definition) is 2. The molecule has 2 rings (SSSR count). The van der Waals surface area contributed by atoms with Gasteiger partial charge in [0.25, 0.3) is 5.91 Å². The van der Waals surface area contributed by atoms with Gasteiger partial charge in [-0.25, -0.2) is 9.59 Å². The molecule has 0 radical (unpaired) electrons. The molecule has 0 saturated carbocycles. The molecule has 0 unspecified atom stereocenters. The maximum absolute atomic E-state index is 12.5. The van der Waals surface area contributed by atoms with E-state index in [2.05, 4.69) is 11.9 Å². The van der Waals surface area contributed by atoms with E-state index in [9.17, 15) is 19.5 Å². The summed E-state index contributed by atoms with van der Waals surface area (Å²) in [4.78, 5) is 38.4. The van der Waals surface area contributed by atoms with Crippen LogP contribution in [0.15, 0.2) is 67.3 Å². The zero-order valence-electron chi connectivity index (χ0n) is 17.3. The number of ether oxygens (including phenoxy) is 2. The monoisotopic (exact) mass is 426 g/mol. The third-order valence-corrected chi connectivity index (χ3v) is 4.33. The second-order valence-electron chi connectivity index (χ2n) is 6.74. The van der Waals surface area contributed by atoms with E-state index < -0.39 is 18.1 Å². The SMILES string of the molecule is C=CCOC(=O)[C@H](CCN(C)C(=O)c1cccc(O)c1)NC(=O)OCc1ccccc1. The minimum atomic E-state index is -1.01. The van der Waals surface area contributed by atoms with Gasteiger partial charge in [-0.15, -0.1) is 0 Å². The lowest BCUT2D eigenvalue weighted by Gasteiger charge is -2.22. The highest BCUT2D eigenvalue weighted by molar-refractivity contribution is 5.94. The van der Waals surface area contributed by atoms with E-state index >= 15 is 0 Å². The Bertz CT molecular complexity index is 900. The van der Waals surface area contributed by atoms with Crippen molar-refractivity contribution in [2.45, 2.75) is 19.1 Å². The molecule has 0 aliphatic carbocycles. The Morgan fingerprint density at radius 2 is 1.87 bits per heavy atom. The van der Waals surface area contributed by atoms with Crippen molar-refractivity contribution >= 4 is 18.0 Å². The van der Waals surface area contributed by atoms with Gasteiger partial charge in [0.2, 0.25) is 0 Å². The van der Waals surface area contributed by atoms with E-state index in [-0.39, 0.29) is 37.8 Å². The van der Waals surface area contributed by atoms with Crippen LogP contribution < -0.4 is 5.32 Å². The van der Waals surface area contributed by atoms with Gasteiger partial charge in [0.1, 0.15) is 25.0 Å². The molecule has 164 valence electrons. The van der Waals surface area contributed by atoms with Gasteiger partial charge in [-0.05, 0) is 30.2 Å². The summed E-state index contributed by atoms with van der Waals surface area (Å²) in [6.07, 6.45) is 0.754. The van der Waals surface area contributed by atoms with Gasteiger partial charge in [0, 0.05) is 19.2 Å². The molecule has 0 fully saturated rings. The zero-order valence-corrected chi connectivity index (χ0v) is 17.3. The molecule has 1 atom stereocenters. The van der Waals surface area contributed by atoms with Crippen LogP contribution in [0.25, 0.3) is 0 Å². The number of rotatable bonds is 10. The van der Waals surface area contributed by atoms with Crippen molar-refractivity contribution in [3.63, 3.8) is 0 Å². The molecule has 0 aliphatic rings. The summed E-state index contributed by atoms with van der Waals surface area (Å²) in [7, 11) is 1.56. The van der Waals surface area contributed by atoms with E-state index in [1.165, 1.54) is 23.1 Å². The highest BCUT2D eigenvalue weighted by Gasteiger charge is 2.24. The smallest absolute Gasteiger partial charge is 0.408 e. The Kier molecular flexibility index (Phi) is 9.10. The number of benzene rings is 2. The van der Waals surface area contributed by atoms with Crippen LogP contribution >= 0.6 is 0 Å². The second kappa shape index (κ2) is 12.0. The van der Waals surface area contributed by atoms with E-state index in [0.29, 0.717) is 5.56 Å². The number of carbonyl (C=O) groups is 3. The number of esters is 1. The number of carbonyl (C=O) groups excluding carboxylic acids is 3. The average Bonchev–Trinajstić information content (AvgIpc) is 2.78. The summed E-state index contributed by atoms with van der Waals surface area (Å²) in [5.74, 6) is -1.01. The van der Waals surface area contributed by atoms with Gasteiger partial charge in [0.05, 0.1) is 0 Å². The van der Waals surface area contributed by atoms with Gasteiger partial charge in [-0.1, -0.05) is 49.1 Å². The third-order valence-electron chi connectivity index (χ3n) is 4.33. The Hall–Kier alpha value is -3.81. The first-order chi connectivity index (χ1) is 14.9. The Morgan fingerprint density at radius 1 is 1.13 bits per heavy atom. The summed E-state index contributed by atoms with van der Waals surface area (Å²) < 4.78 is 10.2. The Morgan fingerprint density at radius 3 is 2.55 bits per heavy atom. The van der Waals surface area contributed by atoms with Crippen molar-refractivity contribution in [3.8, 4) is 5.75 Å². The van der Waals surface area contributed by atoms with Crippen LogP contribution in [0, 0.1) is 0 Å². The first-order valence-corrected chi connectivity index (χ1v) is 9.70. The molecule has 2 aromatic carbocycles. The fourth-order valence-electron chi connectivity index (χ4n) is 2.68. The highest BCUT2D eigenvalue weighted by Crippen LogP contribution is 2.13. The van der Waals surface area contributed by atoms with Gasteiger partial charge in [0.15, 0.2) is 0 Å². The lowest BCUT2D eigenvalue weighted by Crippen LogP contribution is -2.44. The normalized spacial score (nSPS) is 11.1. The number of phenols is 1. The number of amides is 2. The van der Waals surface area contributed by atoms with Gasteiger partial charge >= 0.3 is 12.1 Å². The van der Waals surface area contributed by atoms with Crippen molar-refractivity contribution < 1.29 is 29.0 Å². The predicted molar refractivity (Wildman–Crippen MR) is 114 cm³/mol. The molecule has 0 bridgehead atoms. The maximum Gasteiger partial charge on any atom is 0.408 e. The quantitative estimate of drug-likeness (QED) is 0.447. The Labute approximate surface area is 181 Å². The fraction of sp³-hybridized carbons (Fsp3) is 0.261. The first kappa shape index (κ1) is 23.5. The van der Waals surface area contributed by atoms with Crippen LogP contribution in [0.3, 0.4) is 0 Å². The lowest BCUT2D eigenvalue weighted by atomic mass is 10.1. The number of nitrogens with zero attached hydrogens (tertiary/aromatic N) is 1. The molecule has 2 amide bonds. The standard InChI is InChI=1S/C23H26N2O6/c1-3-14-30-22(28)20(24-23(29)31-16-17-8-5-4-6-9-17)12-13-25(2)21(27)18-10-7-11-19(26)15-18/h3-11,15,20,26H,1,12-14,16H2,2H3,(H,24,29)/t20-/m0/s1. The van der Waals surface area contributed by atoms with Gasteiger partial charge in [-0.3, -0.25) is 4.79 Å². The molecule has 0 spiro atoms. The van der Waals surface area contributed by atoms with Crippen molar-refractivity contribution in [2.75, 3.05) is 20.2 Å². The van der Waals surface area contributed by atoms with Crippen LogP contribution in [0.5, 0.6) is 5.75 Å². The molecule has 0 aromatic heterocycles. The molecular formula is C23H26N2O6. The summed E-state index contributed by atoms with van der Waals surface area (Å²) in [6.45, 7) is 3.69. The van der Waals surface area contributed by atoms with Gasteiger partial charge in [-0.2, -0.15) is 0 Å². The van der Waals surface area contributed by atoms with Crippen molar-refractivity contribution in [1.82, 2.24) is 10.2 Å². The summed E-state index contributed by atoms with van der Waals surface area (Å²) in [5, 5.41) is 12.0. The van der Waals surface area contributed by atoms with Crippen molar-refractivity contribution in [3.05, 3.63) is 78.4 Å². The van der Waals surface area contributed by atoms with E-state index in [1.807, 2.05) is 30.3 Å². The molecule has 0 aliphatic heterocycles. The summed E-state index contributed by atoms with van der Waals surface area (Å²) in [5.41, 5.74) is 1.11. The first-order valence-electron chi connectivity index (χ1n) is 9.70. The largest absolute Gasteiger partial charge is 0.508 e. The lowest BCUT2D eigenvalue weighted by molar-refractivity contribution is -0.145. The van der Waals surface area contributed by atoms with Crippen LogP contribution in [-0.4, -0.2) is 54.2 Å². The van der Waals surface area contributed by atoms with Crippen LogP contribution in [0.4, 0.5) is 4.79 Å². The average molecular weight is 426 g/mol. The van der Waals surface area contributed by atoms with Crippen LogP contribution in [-0.2, 0) is 20.9 Å². The molecule has 2 N–H and O–H groups in total. The second-order valence-corrected chi connectivity index (χ2v) is 6.74. The molecule has 31 heavy (non-hydrogen) atoms. The molecule has 8 heteroatoms. The minimum Gasteiger partial charge on any atom is -0.508 e. The van der Waals surface area contributed by atoms with Crippen molar-refractivity contribution in [1.29, 1.82) is 0 Å². The number of hydrogen-bond acceptors (Lipinski definition) is 6. The fourth-order valence-corrected chi connectivity index (χ4v) is 2.68. The minimum absolute atomic E-state index is 0.00582. The van der Waals surface area contributed by atoms with E-state index in [1.54, 1.807) is 19.2 Å². The number of nitrogens with one attached hydrogen (secondary N) is 1.